The van der Waals surface area contributed by atoms with Crippen LogP contribution in [-0.4, -0.2) is 32.2 Å². The highest BCUT2D eigenvalue weighted by molar-refractivity contribution is 4.34. The molecule has 9 heavy (non-hydrogen) atoms. The smallest absolute Gasteiger partial charge is 0.150 e. The Labute approximate surface area is 56.6 Å². The van der Waals surface area contributed by atoms with Crippen LogP contribution in [0.25, 0.3) is 0 Å². The Morgan fingerprint density at radius 3 is 1.78 bits per heavy atom. The fourth-order valence-electron chi connectivity index (χ4n) is 0.482. The quantitative estimate of drug-likeness (QED) is 0.489. The van der Waals surface area contributed by atoms with Crippen molar-refractivity contribution >= 4 is 0 Å². The van der Waals surface area contributed by atoms with Crippen LogP contribution < -0.4 is 0 Å². The second-order valence-electron chi connectivity index (χ2n) is 1.64. The second-order valence-corrected chi connectivity index (χ2v) is 1.64. The van der Waals surface area contributed by atoms with Crippen molar-refractivity contribution in [2.75, 3.05) is 27.3 Å². The van der Waals surface area contributed by atoms with Crippen LogP contribution in [0, 0.1) is 0 Å². The summed E-state index contributed by atoms with van der Waals surface area (Å²) in [6.45, 7) is 5.84. The first-order valence-electron chi connectivity index (χ1n) is 3.23. The molecule has 1 saturated heterocycles. The fourth-order valence-corrected chi connectivity index (χ4v) is 0.482. The summed E-state index contributed by atoms with van der Waals surface area (Å²) in [5, 5.41) is 0. The van der Waals surface area contributed by atoms with Gasteiger partial charge in [0, 0.05) is 0 Å². The van der Waals surface area contributed by atoms with Gasteiger partial charge in [-0.15, -0.1) is 0 Å². The van der Waals surface area contributed by atoms with E-state index in [-0.39, 0.29) is 0 Å². The Bertz CT molecular complexity index is 53.0. The maximum absolute atomic E-state index is 4.89. The number of ether oxygens (including phenoxy) is 2. The van der Waals surface area contributed by atoms with Crippen LogP contribution in [0.5, 0.6) is 0 Å². The molecule has 0 amide bonds. The van der Waals surface area contributed by atoms with Gasteiger partial charge < -0.3 is 9.47 Å². The number of nitrogens with zero attached hydrogens (tertiary/aromatic N) is 1. The lowest BCUT2D eigenvalue weighted by Crippen LogP contribution is -2.30. The van der Waals surface area contributed by atoms with Gasteiger partial charge in [0.2, 0.25) is 0 Å². The fraction of sp³-hybridized carbons (Fsp3) is 1.00. The summed E-state index contributed by atoms with van der Waals surface area (Å²) in [4.78, 5) is 1.95. The Morgan fingerprint density at radius 1 is 1.11 bits per heavy atom. The third kappa shape index (κ3) is 4.39. The van der Waals surface area contributed by atoms with Gasteiger partial charge in [-0.2, -0.15) is 0 Å². The number of rotatable bonds is 0. The first-order valence-corrected chi connectivity index (χ1v) is 3.23. The van der Waals surface area contributed by atoms with E-state index in [0.29, 0.717) is 20.3 Å². The first-order chi connectivity index (χ1) is 4.39. The standard InChI is InChI=1S/C4H9NO2.C2H6/c1-5-2-6-4-7-3-5;1-2/h2-4H2,1H3;1-2H3. The van der Waals surface area contributed by atoms with Crippen LogP contribution in [0.15, 0.2) is 0 Å². The molecule has 0 aliphatic carbocycles. The van der Waals surface area contributed by atoms with E-state index in [2.05, 4.69) is 0 Å². The minimum Gasteiger partial charge on any atom is -0.340 e. The van der Waals surface area contributed by atoms with Crippen molar-refractivity contribution < 1.29 is 9.47 Å². The summed E-state index contributed by atoms with van der Waals surface area (Å²) >= 11 is 0. The van der Waals surface area contributed by atoms with Crippen LogP contribution in [-0.2, 0) is 9.47 Å². The predicted molar refractivity (Wildman–Crippen MR) is 35.9 cm³/mol. The molecule has 1 heterocycles. The monoisotopic (exact) mass is 133 g/mol. The Balaban J connectivity index is 0.000000291. The van der Waals surface area contributed by atoms with Crippen LogP contribution in [0.2, 0.25) is 0 Å². The molecule has 0 aromatic heterocycles. The maximum Gasteiger partial charge on any atom is 0.150 e. The molecule has 0 N–H and O–H groups in total. The van der Waals surface area contributed by atoms with Crippen molar-refractivity contribution in [3.8, 4) is 0 Å². The lowest BCUT2D eigenvalue weighted by molar-refractivity contribution is -0.174. The molecule has 0 bridgehead atoms. The van der Waals surface area contributed by atoms with E-state index >= 15 is 0 Å². The molecule has 1 rings (SSSR count). The van der Waals surface area contributed by atoms with Crippen LogP contribution >= 0.6 is 0 Å². The van der Waals surface area contributed by atoms with Gasteiger partial charge in [0.15, 0.2) is 0 Å². The SMILES string of the molecule is CC.CN1COCOC1. The van der Waals surface area contributed by atoms with Gasteiger partial charge in [-0.3, -0.25) is 4.90 Å². The minimum absolute atomic E-state index is 0.449. The van der Waals surface area contributed by atoms with E-state index in [9.17, 15) is 0 Å². The number of hydrogen-bond acceptors (Lipinski definition) is 3. The van der Waals surface area contributed by atoms with Gasteiger partial charge in [0.1, 0.15) is 20.3 Å². The molecule has 0 spiro atoms. The van der Waals surface area contributed by atoms with E-state index in [1.807, 2.05) is 25.8 Å². The molecule has 0 aromatic carbocycles. The summed E-state index contributed by atoms with van der Waals surface area (Å²) in [5.74, 6) is 0. The molecule has 0 atom stereocenters. The molecule has 1 fully saturated rings. The summed E-state index contributed by atoms with van der Waals surface area (Å²) < 4.78 is 9.77. The highest BCUT2D eigenvalue weighted by Gasteiger charge is 2.02. The zero-order valence-electron chi connectivity index (χ0n) is 6.39. The first kappa shape index (κ1) is 8.88. The number of hydrogen-bond donors (Lipinski definition) is 0. The lowest BCUT2D eigenvalue weighted by Gasteiger charge is -2.21. The van der Waals surface area contributed by atoms with E-state index < -0.39 is 0 Å². The third-order valence-corrected chi connectivity index (χ3v) is 0.790. The van der Waals surface area contributed by atoms with Crippen molar-refractivity contribution in [2.24, 2.45) is 0 Å². The third-order valence-electron chi connectivity index (χ3n) is 0.790. The zero-order valence-corrected chi connectivity index (χ0v) is 6.39. The van der Waals surface area contributed by atoms with Crippen molar-refractivity contribution in [2.45, 2.75) is 13.8 Å². The predicted octanol–water partition coefficient (Wildman–Crippen LogP) is 0.864. The molecule has 0 saturated carbocycles. The maximum atomic E-state index is 4.89. The van der Waals surface area contributed by atoms with Crippen molar-refractivity contribution in [3.63, 3.8) is 0 Å². The summed E-state index contributed by atoms with van der Waals surface area (Å²) in [6, 6.07) is 0. The molecule has 1 aliphatic heterocycles. The van der Waals surface area contributed by atoms with E-state index in [1.54, 1.807) is 0 Å². The topological polar surface area (TPSA) is 21.7 Å². The van der Waals surface area contributed by atoms with Gasteiger partial charge in [0.25, 0.3) is 0 Å². The molecule has 0 unspecified atom stereocenters. The Kier molecular flexibility index (Phi) is 5.93. The van der Waals surface area contributed by atoms with Crippen molar-refractivity contribution in [3.05, 3.63) is 0 Å². The Morgan fingerprint density at radius 2 is 1.56 bits per heavy atom. The molecule has 56 valence electrons. The van der Waals surface area contributed by atoms with Crippen molar-refractivity contribution in [1.82, 2.24) is 4.90 Å². The van der Waals surface area contributed by atoms with E-state index in [4.69, 9.17) is 9.47 Å². The van der Waals surface area contributed by atoms with E-state index in [0.717, 1.165) is 0 Å². The zero-order chi connectivity index (χ0) is 7.11. The highest BCUT2D eigenvalue weighted by Crippen LogP contribution is 1.91. The molecule has 0 radical (unpaired) electrons. The normalized spacial score (nSPS) is 20.3. The van der Waals surface area contributed by atoms with Crippen LogP contribution in [0.3, 0.4) is 0 Å². The average molecular weight is 133 g/mol. The molecular weight excluding hydrogens is 118 g/mol. The average Bonchev–Trinajstić information content (AvgIpc) is 1.94. The van der Waals surface area contributed by atoms with Gasteiger partial charge in [-0.05, 0) is 7.05 Å². The highest BCUT2D eigenvalue weighted by atomic mass is 16.7. The molecule has 3 heteroatoms. The van der Waals surface area contributed by atoms with Gasteiger partial charge >= 0.3 is 0 Å². The van der Waals surface area contributed by atoms with Crippen LogP contribution in [0.1, 0.15) is 13.8 Å². The Hall–Kier alpha value is -0.120. The lowest BCUT2D eigenvalue weighted by atomic mass is 10.9. The summed E-state index contributed by atoms with van der Waals surface area (Å²) in [5.41, 5.74) is 0. The summed E-state index contributed by atoms with van der Waals surface area (Å²) in [7, 11) is 1.94. The minimum atomic E-state index is 0.449. The van der Waals surface area contributed by atoms with E-state index in [1.165, 1.54) is 0 Å². The van der Waals surface area contributed by atoms with Gasteiger partial charge in [-0.25, -0.2) is 0 Å². The van der Waals surface area contributed by atoms with Crippen LogP contribution in [0.4, 0.5) is 0 Å². The molecular formula is C6H15NO2. The van der Waals surface area contributed by atoms with Crippen molar-refractivity contribution in [1.29, 1.82) is 0 Å². The summed E-state index contributed by atoms with van der Waals surface area (Å²) in [6.07, 6.45) is 0. The molecule has 0 aromatic rings. The largest absolute Gasteiger partial charge is 0.340 e. The molecule has 1 aliphatic rings. The van der Waals surface area contributed by atoms with Gasteiger partial charge in [0.05, 0.1) is 0 Å². The van der Waals surface area contributed by atoms with Gasteiger partial charge in [-0.1, -0.05) is 13.8 Å². The molecule has 3 nitrogen and oxygen atoms in total. The second kappa shape index (κ2) is 6.01.